The number of aromatic nitrogens is 2. The standard InChI is InChI=1S/C19H25N3O/c23-14-16-8-18-6-7-19(9-16)22(18)13-17-10-20-21(12-17)11-15-4-2-1-3-5-15/h1-5,10,12,16,18-19,23H,6-9,11,13-14H2/t16?,18-,19+. The molecular formula is C19H25N3O. The van der Waals surface area contributed by atoms with E-state index in [0.29, 0.717) is 24.6 Å². The van der Waals surface area contributed by atoms with Gasteiger partial charge in [0, 0.05) is 37.0 Å². The highest BCUT2D eigenvalue weighted by molar-refractivity contribution is 5.16. The van der Waals surface area contributed by atoms with Crippen LogP contribution in [0.15, 0.2) is 42.7 Å². The van der Waals surface area contributed by atoms with Gasteiger partial charge in [-0.05, 0) is 37.2 Å². The molecule has 2 bridgehead atoms. The first-order chi connectivity index (χ1) is 11.3. The van der Waals surface area contributed by atoms with Gasteiger partial charge >= 0.3 is 0 Å². The molecule has 2 saturated heterocycles. The van der Waals surface area contributed by atoms with Crippen LogP contribution in [0.3, 0.4) is 0 Å². The Labute approximate surface area is 137 Å². The van der Waals surface area contributed by atoms with E-state index in [2.05, 4.69) is 40.5 Å². The Morgan fingerprint density at radius 2 is 1.74 bits per heavy atom. The Balaban J connectivity index is 1.40. The Kier molecular flexibility index (Phi) is 4.19. The number of piperidine rings is 1. The number of nitrogens with zero attached hydrogens (tertiary/aromatic N) is 3. The molecule has 0 radical (unpaired) electrons. The van der Waals surface area contributed by atoms with E-state index in [9.17, 15) is 5.11 Å². The lowest BCUT2D eigenvalue weighted by molar-refractivity contribution is 0.0683. The van der Waals surface area contributed by atoms with Crippen molar-refractivity contribution in [2.45, 2.75) is 50.9 Å². The summed E-state index contributed by atoms with van der Waals surface area (Å²) in [6, 6.07) is 11.8. The van der Waals surface area contributed by atoms with Crippen molar-refractivity contribution in [3.63, 3.8) is 0 Å². The molecule has 4 nitrogen and oxygen atoms in total. The van der Waals surface area contributed by atoms with Crippen LogP contribution in [0.4, 0.5) is 0 Å². The maximum atomic E-state index is 9.44. The fourth-order valence-electron chi connectivity index (χ4n) is 4.35. The Bertz CT molecular complexity index is 625. The Hall–Kier alpha value is -1.65. The van der Waals surface area contributed by atoms with Gasteiger partial charge in [-0.2, -0.15) is 5.10 Å². The molecule has 0 saturated carbocycles. The molecule has 4 rings (SSSR count). The fraction of sp³-hybridized carbons (Fsp3) is 0.526. The highest BCUT2D eigenvalue weighted by Gasteiger charge is 2.40. The van der Waals surface area contributed by atoms with Crippen LogP contribution < -0.4 is 0 Å². The van der Waals surface area contributed by atoms with Crippen LogP contribution in [0, 0.1) is 5.92 Å². The van der Waals surface area contributed by atoms with Crippen LogP contribution >= 0.6 is 0 Å². The molecule has 2 aliphatic heterocycles. The summed E-state index contributed by atoms with van der Waals surface area (Å²) in [5, 5.41) is 14.0. The van der Waals surface area contributed by atoms with Crippen molar-refractivity contribution in [1.82, 2.24) is 14.7 Å². The molecule has 1 aromatic heterocycles. The lowest BCUT2D eigenvalue weighted by atomic mass is 9.91. The smallest absolute Gasteiger partial charge is 0.0659 e. The lowest BCUT2D eigenvalue weighted by Gasteiger charge is -2.38. The van der Waals surface area contributed by atoms with Gasteiger partial charge in [0.25, 0.3) is 0 Å². The molecule has 1 unspecified atom stereocenters. The zero-order valence-corrected chi connectivity index (χ0v) is 13.5. The van der Waals surface area contributed by atoms with Crippen LogP contribution in [0.1, 0.15) is 36.8 Å². The summed E-state index contributed by atoms with van der Waals surface area (Å²) in [7, 11) is 0. The largest absolute Gasteiger partial charge is 0.396 e. The van der Waals surface area contributed by atoms with Crippen molar-refractivity contribution >= 4 is 0 Å². The highest BCUT2D eigenvalue weighted by Crippen LogP contribution is 2.39. The molecule has 122 valence electrons. The average molecular weight is 311 g/mol. The van der Waals surface area contributed by atoms with Gasteiger partial charge in [0.2, 0.25) is 0 Å². The molecule has 2 aliphatic rings. The Morgan fingerprint density at radius 1 is 1.00 bits per heavy atom. The highest BCUT2D eigenvalue weighted by atomic mass is 16.3. The van der Waals surface area contributed by atoms with Crippen molar-refractivity contribution < 1.29 is 5.11 Å². The summed E-state index contributed by atoms with van der Waals surface area (Å²) in [6.07, 6.45) is 9.10. The number of hydrogen-bond donors (Lipinski definition) is 1. The van der Waals surface area contributed by atoms with Crippen molar-refractivity contribution in [1.29, 1.82) is 0 Å². The minimum Gasteiger partial charge on any atom is -0.396 e. The van der Waals surface area contributed by atoms with E-state index in [1.54, 1.807) is 0 Å². The summed E-state index contributed by atoms with van der Waals surface area (Å²) in [4.78, 5) is 2.65. The second kappa shape index (κ2) is 6.46. The van der Waals surface area contributed by atoms with Crippen molar-refractivity contribution in [3.8, 4) is 0 Å². The quantitative estimate of drug-likeness (QED) is 0.923. The molecule has 0 aliphatic carbocycles. The van der Waals surface area contributed by atoms with Crippen LogP contribution in [0.2, 0.25) is 0 Å². The molecule has 23 heavy (non-hydrogen) atoms. The van der Waals surface area contributed by atoms with E-state index < -0.39 is 0 Å². The van der Waals surface area contributed by atoms with Gasteiger partial charge in [0.05, 0.1) is 12.7 Å². The lowest BCUT2D eigenvalue weighted by Crippen LogP contribution is -2.42. The normalized spacial score (nSPS) is 27.4. The number of rotatable bonds is 5. The minimum atomic E-state index is 0.357. The minimum absolute atomic E-state index is 0.357. The van der Waals surface area contributed by atoms with Crippen LogP contribution in [-0.2, 0) is 13.1 Å². The molecule has 1 N–H and O–H groups in total. The molecule has 4 heteroatoms. The molecule has 3 atom stereocenters. The van der Waals surface area contributed by atoms with E-state index in [0.717, 1.165) is 25.9 Å². The van der Waals surface area contributed by atoms with Gasteiger partial charge in [-0.15, -0.1) is 0 Å². The first-order valence-corrected chi connectivity index (χ1v) is 8.73. The van der Waals surface area contributed by atoms with Crippen molar-refractivity contribution in [2.75, 3.05) is 6.61 Å². The molecule has 2 aromatic rings. The fourth-order valence-corrected chi connectivity index (χ4v) is 4.35. The van der Waals surface area contributed by atoms with Crippen molar-refractivity contribution in [3.05, 3.63) is 53.9 Å². The molecule has 3 heterocycles. The van der Waals surface area contributed by atoms with Gasteiger partial charge in [-0.1, -0.05) is 30.3 Å². The molecule has 0 spiro atoms. The van der Waals surface area contributed by atoms with E-state index in [4.69, 9.17) is 0 Å². The summed E-state index contributed by atoms with van der Waals surface area (Å²) >= 11 is 0. The van der Waals surface area contributed by atoms with Gasteiger partial charge in [0.1, 0.15) is 0 Å². The summed E-state index contributed by atoms with van der Waals surface area (Å²) in [6.45, 7) is 2.19. The van der Waals surface area contributed by atoms with Gasteiger partial charge in [-0.3, -0.25) is 9.58 Å². The third-order valence-electron chi connectivity index (χ3n) is 5.48. The van der Waals surface area contributed by atoms with E-state index in [1.807, 2.05) is 16.9 Å². The number of fused-ring (bicyclic) bond motifs is 2. The summed E-state index contributed by atoms with van der Waals surface area (Å²) in [5.74, 6) is 0.518. The maximum absolute atomic E-state index is 9.44. The Morgan fingerprint density at radius 3 is 2.43 bits per heavy atom. The third-order valence-corrected chi connectivity index (χ3v) is 5.48. The van der Waals surface area contributed by atoms with Crippen LogP contribution in [0.5, 0.6) is 0 Å². The number of aliphatic hydroxyl groups excluding tert-OH is 1. The zero-order chi connectivity index (χ0) is 15.6. The van der Waals surface area contributed by atoms with E-state index >= 15 is 0 Å². The third kappa shape index (κ3) is 3.19. The molecule has 2 fully saturated rings. The average Bonchev–Trinajstić information content (AvgIpc) is 3.10. The van der Waals surface area contributed by atoms with E-state index in [-0.39, 0.29) is 0 Å². The monoisotopic (exact) mass is 311 g/mol. The number of aliphatic hydroxyl groups is 1. The number of benzene rings is 1. The molecule has 0 amide bonds. The summed E-state index contributed by atoms with van der Waals surface area (Å²) < 4.78 is 2.03. The first-order valence-electron chi connectivity index (χ1n) is 8.73. The maximum Gasteiger partial charge on any atom is 0.0659 e. The molecule has 1 aromatic carbocycles. The van der Waals surface area contributed by atoms with Gasteiger partial charge < -0.3 is 5.11 Å². The van der Waals surface area contributed by atoms with Crippen LogP contribution in [0.25, 0.3) is 0 Å². The predicted molar refractivity (Wildman–Crippen MR) is 89.9 cm³/mol. The van der Waals surface area contributed by atoms with E-state index in [1.165, 1.54) is 24.0 Å². The number of hydrogen-bond acceptors (Lipinski definition) is 3. The second-order valence-electron chi connectivity index (χ2n) is 7.11. The zero-order valence-electron chi connectivity index (χ0n) is 13.5. The second-order valence-corrected chi connectivity index (χ2v) is 7.11. The summed E-state index contributed by atoms with van der Waals surface area (Å²) in [5.41, 5.74) is 2.59. The topological polar surface area (TPSA) is 41.3 Å². The van der Waals surface area contributed by atoms with Gasteiger partial charge in [-0.25, -0.2) is 0 Å². The van der Waals surface area contributed by atoms with Gasteiger partial charge in [0.15, 0.2) is 0 Å². The van der Waals surface area contributed by atoms with Crippen molar-refractivity contribution in [2.24, 2.45) is 5.92 Å². The first kappa shape index (κ1) is 14.9. The SMILES string of the molecule is OCC1C[C@H]2CC[C@@H](C1)N2Cc1cnn(Cc2ccccc2)c1. The van der Waals surface area contributed by atoms with Crippen LogP contribution in [-0.4, -0.2) is 38.5 Å². The molecular weight excluding hydrogens is 286 g/mol. The predicted octanol–water partition coefficient (Wildman–Crippen LogP) is 2.67.